The maximum atomic E-state index is 12.1. The second kappa shape index (κ2) is 7.75. The van der Waals surface area contributed by atoms with Gasteiger partial charge in [-0.3, -0.25) is 9.59 Å². The molecule has 0 aliphatic carbocycles. The highest BCUT2D eigenvalue weighted by atomic mass is 32.1. The van der Waals surface area contributed by atoms with E-state index in [-0.39, 0.29) is 18.2 Å². The van der Waals surface area contributed by atoms with E-state index in [1.54, 1.807) is 12.3 Å². The first-order valence-electron chi connectivity index (χ1n) is 8.83. The summed E-state index contributed by atoms with van der Waals surface area (Å²) < 4.78 is 5.20. The number of furan rings is 1. The molecule has 4 rings (SSSR count). The minimum Gasteiger partial charge on any atom is -0.467 e. The molecule has 1 aliphatic heterocycles. The van der Waals surface area contributed by atoms with Crippen molar-refractivity contribution in [2.75, 3.05) is 11.4 Å². The van der Waals surface area contributed by atoms with Crippen LogP contribution in [0.1, 0.15) is 23.6 Å². The molecule has 0 bridgehead atoms. The van der Waals surface area contributed by atoms with Gasteiger partial charge in [-0.1, -0.05) is 12.1 Å². The van der Waals surface area contributed by atoms with E-state index < -0.39 is 0 Å². The van der Waals surface area contributed by atoms with Crippen molar-refractivity contribution >= 4 is 28.8 Å². The van der Waals surface area contributed by atoms with Crippen molar-refractivity contribution in [1.29, 1.82) is 0 Å². The number of thiazole rings is 1. The number of hydrogen-bond acceptors (Lipinski definition) is 5. The number of carbonyl (C=O) groups is 2. The molecule has 0 atom stereocenters. The zero-order valence-corrected chi connectivity index (χ0v) is 15.5. The van der Waals surface area contributed by atoms with E-state index in [2.05, 4.69) is 10.3 Å². The summed E-state index contributed by atoms with van der Waals surface area (Å²) in [7, 11) is 0. The standard InChI is InChI=1S/C20H19N3O3S/c24-18(21-12-16-6-3-9-26-16)11-19-22-17(13-27-19)14-4-1-5-15(10-14)23-8-2-7-20(23)25/h1,3-6,9-10,13H,2,7-8,11-12H2,(H,21,24). The van der Waals surface area contributed by atoms with Crippen molar-refractivity contribution in [3.8, 4) is 11.3 Å². The molecular weight excluding hydrogens is 362 g/mol. The summed E-state index contributed by atoms with van der Waals surface area (Å²) in [4.78, 5) is 30.4. The van der Waals surface area contributed by atoms with Gasteiger partial charge < -0.3 is 14.6 Å². The highest BCUT2D eigenvalue weighted by molar-refractivity contribution is 7.10. The lowest BCUT2D eigenvalue weighted by molar-refractivity contribution is -0.120. The molecule has 2 amide bonds. The van der Waals surface area contributed by atoms with Crippen molar-refractivity contribution in [3.63, 3.8) is 0 Å². The number of anilines is 1. The van der Waals surface area contributed by atoms with E-state index in [0.717, 1.165) is 40.7 Å². The summed E-state index contributed by atoms with van der Waals surface area (Å²) in [5.74, 6) is 0.791. The fourth-order valence-corrected chi connectivity index (χ4v) is 3.88. The summed E-state index contributed by atoms with van der Waals surface area (Å²) in [6.45, 7) is 1.14. The number of hydrogen-bond donors (Lipinski definition) is 1. The molecule has 1 aromatic carbocycles. The maximum absolute atomic E-state index is 12.1. The largest absolute Gasteiger partial charge is 0.467 e. The summed E-state index contributed by atoms with van der Waals surface area (Å²) in [6.07, 6.45) is 3.32. The zero-order chi connectivity index (χ0) is 18.6. The van der Waals surface area contributed by atoms with Crippen LogP contribution in [0.2, 0.25) is 0 Å². The van der Waals surface area contributed by atoms with Gasteiger partial charge in [0.25, 0.3) is 0 Å². The molecular formula is C20H19N3O3S. The van der Waals surface area contributed by atoms with Crippen molar-refractivity contribution in [1.82, 2.24) is 10.3 Å². The minimum absolute atomic E-state index is 0.0938. The average molecular weight is 381 g/mol. The third kappa shape index (κ3) is 4.09. The van der Waals surface area contributed by atoms with E-state index in [4.69, 9.17) is 4.42 Å². The third-order valence-corrected chi connectivity index (χ3v) is 5.28. The van der Waals surface area contributed by atoms with Gasteiger partial charge in [-0.2, -0.15) is 0 Å². The van der Waals surface area contributed by atoms with E-state index in [1.165, 1.54) is 11.3 Å². The highest BCUT2D eigenvalue weighted by Gasteiger charge is 2.22. The van der Waals surface area contributed by atoms with Crippen LogP contribution >= 0.6 is 11.3 Å². The van der Waals surface area contributed by atoms with Gasteiger partial charge in [-0.15, -0.1) is 11.3 Å². The molecule has 0 unspecified atom stereocenters. The second-order valence-corrected chi connectivity index (χ2v) is 7.30. The second-order valence-electron chi connectivity index (χ2n) is 6.36. The third-order valence-electron chi connectivity index (χ3n) is 4.43. The van der Waals surface area contributed by atoms with E-state index >= 15 is 0 Å². The Labute approximate surface area is 160 Å². The topological polar surface area (TPSA) is 75.4 Å². The van der Waals surface area contributed by atoms with Crippen LogP contribution < -0.4 is 10.2 Å². The molecule has 27 heavy (non-hydrogen) atoms. The Morgan fingerprint density at radius 3 is 3.00 bits per heavy atom. The summed E-state index contributed by atoms with van der Waals surface area (Å²) in [6, 6.07) is 11.4. The Bertz CT molecular complexity index is 949. The van der Waals surface area contributed by atoms with Crippen LogP contribution in [0.15, 0.2) is 52.5 Å². The highest BCUT2D eigenvalue weighted by Crippen LogP contribution is 2.28. The van der Waals surface area contributed by atoms with E-state index in [1.807, 2.05) is 40.6 Å². The Kier molecular flexibility index (Phi) is 5.02. The monoisotopic (exact) mass is 381 g/mol. The Hall–Kier alpha value is -2.93. The van der Waals surface area contributed by atoms with Gasteiger partial charge in [0.1, 0.15) is 10.8 Å². The average Bonchev–Trinajstić information content (AvgIpc) is 3.42. The van der Waals surface area contributed by atoms with Crippen LogP contribution in [-0.2, 0) is 22.6 Å². The van der Waals surface area contributed by atoms with Crippen LogP contribution in [-0.4, -0.2) is 23.3 Å². The van der Waals surface area contributed by atoms with Gasteiger partial charge >= 0.3 is 0 Å². The van der Waals surface area contributed by atoms with Crippen LogP contribution in [0.5, 0.6) is 0 Å². The zero-order valence-electron chi connectivity index (χ0n) is 14.7. The fourth-order valence-electron chi connectivity index (χ4n) is 3.08. The SMILES string of the molecule is O=C(Cc1nc(-c2cccc(N3CCCC3=O)c2)cs1)NCc1ccco1. The first kappa shape index (κ1) is 17.5. The lowest BCUT2D eigenvalue weighted by atomic mass is 10.1. The molecule has 1 N–H and O–H groups in total. The lowest BCUT2D eigenvalue weighted by Gasteiger charge is -2.16. The fraction of sp³-hybridized carbons (Fsp3) is 0.250. The van der Waals surface area contributed by atoms with Crippen molar-refractivity contribution < 1.29 is 14.0 Å². The van der Waals surface area contributed by atoms with Crippen LogP contribution in [0.25, 0.3) is 11.3 Å². The summed E-state index contributed by atoms with van der Waals surface area (Å²) >= 11 is 1.46. The van der Waals surface area contributed by atoms with Crippen LogP contribution in [0.4, 0.5) is 5.69 Å². The molecule has 0 radical (unpaired) electrons. The Morgan fingerprint density at radius 1 is 1.30 bits per heavy atom. The molecule has 138 valence electrons. The number of rotatable bonds is 6. The predicted octanol–water partition coefficient (Wildman–Crippen LogP) is 3.39. The predicted molar refractivity (Wildman–Crippen MR) is 103 cm³/mol. The lowest BCUT2D eigenvalue weighted by Crippen LogP contribution is -2.24. The number of carbonyl (C=O) groups excluding carboxylic acids is 2. The number of benzene rings is 1. The van der Waals surface area contributed by atoms with Crippen molar-refractivity contribution in [2.24, 2.45) is 0 Å². The van der Waals surface area contributed by atoms with E-state index in [0.29, 0.717) is 13.0 Å². The van der Waals surface area contributed by atoms with E-state index in [9.17, 15) is 9.59 Å². The normalized spacial score (nSPS) is 13.9. The van der Waals surface area contributed by atoms with Crippen molar-refractivity contribution in [2.45, 2.75) is 25.8 Å². The Balaban J connectivity index is 1.41. The minimum atomic E-state index is -0.0938. The first-order valence-corrected chi connectivity index (χ1v) is 9.71. The molecule has 0 spiro atoms. The maximum Gasteiger partial charge on any atom is 0.227 e. The molecule has 6 nitrogen and oxygen atoms in total. The molecule has 3 heterocycles. The quantitative estimate of drug-likeness (QED) is 0.710. The molecule has 3 aromatic rings. The number of aromatic nitrogens is 1. The van der Waals surface area contributed by atoms with Crippen LogP contribution in [0, 0.1) is 0 Å². The number of nitrogens with one attached hydrogen (secondary N) is 1. The van der Waals surface area contributed by atoms with Gasteiger partial charge in [-0.05, 0) is 30.7 Å². The van der Waals surface area contributed by atoms with Gasteiger partial charge in [0.05, 0.1) is 24.9 Å². The summed E-state index contributed by atoms with van der Waals surface area (Å²) in [5.41, 5.74) is 2.67. The molecule has 7 heteroatoms. The smallest absolute Gasteiger partial charge is 0.227 e. The van der Waals surface area contributed by atoms with Gasteiger partial charge in [0, 0.05) is 29.6 Å². The molecule has 1 fully saturated rings. The molecule has 2 aromatic heterocycles. The molecule has 1 saturated heterocycles. The number of amides is 2. The molecule has 0 saturated carbocycles. The van der Waals surface area contributed by atoms with Gasteiger partial charge in [0.2, 0.25) is 11.8 Å². The van der Waals surface area contributed by atoms with Gasteiger partial charge in [-0.25, -0.2) is 4.98 Å². The van der Waals surface area contributed by atoms with Crippen molar-refractivity contribution in [3.05, 3.63) is 58.8 Å². The first-order chi connectivity index (χ1) is 13.2. The Morgan fingerprint density at radius 2 is 2.22 bits per heavy atom. The van der Waals surface area contributed by atoms with Crippen LogP contribution in [0.3, 0.4) is 0 Å². The van der Waals surface area contributed by atoms with Gasteiger partial charge in [0.15, 0.2) is 0 Å². The number of nitrogens with zero attached hydrogens (tertiary/aromatic N) is 2. The molecule has 1 aliphatic rings. The summed E-state index contributed by atoms with van der Waals surface area (Å²) in [5, 5.41) is 5.52.